The minimum atomic E-state index is -0.309. The van der Waals surface area contributed by atoms with Crippen molar-refractivity contribution in [1.29, 1.82) is 0 Å². The number of aryl methyl sites for hydroxylation is 2. The van der Waals surface area contributed by atoms with E-state index in [1.807, 2.05) is 43.0 Å². The summed E-state index contributed by atoms with van der Waals surface area (Å²) in [6, 6.07) is 13.9. The van der Waals surface area contributed by atoms with Crippen molar-refractivity contribution in [2.75, 3.05) is 33.2 Å². The van der Waals surface area contributed by atoms with Gasteiger partial charge in [-0.3, -0.25) is 4.79 Å². The standard InChI is InChI=1S/C25H29FN4O2/c1-18-5-4-6-22(17-18)32-25-23(11-12-24(31)29-15-13-28(3)14-16-29)19(2)27-30(25)21-9-7-20(26)8-10-21/h4-10,17H,11-16H2,1-3H3. The van der Waals surface area contributed by atoms with E-state index in [2.05, 4.69) is 17.0 Å². The predicted molar refractivity (Wildman–Crippen MR) is 122 cm³/mol. The van der Waals surface area contributed by atoms with Gasteiger partial charge in [-0.25, -0.2) is 9.07 Å². The Hall–Kier alpha value is -3.19. The first-order chi connectivity index (χ1) is 15.4. The molecule has 1 aliphatic heterocycles. The zero-order valence-corrected chi connectivity index (χ0v) is 18.8. The Labute approximate surface area is 188 Å². The molecule has 0 aliphatic carbocycles. The molecule has 1 aliphatic rings. The number of likely N-dealkylation sites (N-methyl/N-ethyl adjacent to an activating group) is 1. The first-order valence-electron chi connectivity index (χ1n) is 11.0. The predicted octanol–water partition coefficient (Wildman–Crippen LogP) is 4.13. The molecule has 1 amide bonds. The Balaban J connectivity index is 1.61. The van der Waals surface area contributed by atoms with Crippen molar-refractivity contribution in [3.8, 4) is 17.3 Å². The molecule has 1 fully saturated rings. The monoisotopic (exact) mass is 436 g/mol. The summed E-state index contributed by atoms with van der Waals surface area (Å²) < 4.78 is 21.5. The van der Waals surface area contributed by atoms with Gasteiger partial charge in [0.1, 0.15) is 11.6 Å². The van der Waals surface area contributed by atoms with Gasteiger partial charge in [0.25, 0.3) is 0 Å². The van der Waals surface area contributed by atoms with Crippen molar-refractivity contribution in [3.63, 3.8) is 0 Å². The fraction of sp³-hybridized carbons (Fsp3) is 0.360. The highest BCUT2D eigenvalue weighted by atomic mass is 19.1. The Morgan fingerprint density at radius 3 is 2.47 bits per heavy atom. The number of ether oxygens (including phenoxy) is 1. The average molecular weight is 437 g/mol. The lowest BCUT2D eigenvalue weighted by molar-refractivity contribution is -0.132. The zero-order valence-electron chi connectivity index (χ0n) is 18.8. The highest BCUT2D eigenvalue weighted by Gasteiger charge is 2.23. The summed E-state index contributed by atoms with van der Waals surface area (Å²) in [5, 5.41) is 4.67. The van der Waals surface area contributed by atoms with Gasteiger partial charge in [-0.1, -0.05) is 12.1 Å². The van der Waals surface area contributed by atoms with E-state index in [9.17, 15) is 9.18 Å². The molecule has 168 valence electrons. The lowest BCUT2D eigenvalue weighted by Crippen LogP contribution is -2.47. The van der Waals surface area contributed by atoms with Gasteiger partial charge in [0.2, 0.25) is 11.8 Å². The molecule has 0 spiro atoms. The SMILES string of the molecule is Cc1cccc(Oc2c(CCC(=O)N3CCN(C)CC3)c(C)nn2-c2ccc(F)cc2)c1. The minimum absolute atomic E-state index is 0.147. The third kappa shape index (κ3) is 4.99. The maximum atomic E-state index is 13.5. The van der Waals surface area contributed by atoms with Gasteiger partial charge in [0.15, 0.2) is 0 Å². The van der Waals surface area contributed by atoms with Gasteiger partial charge in [-0.05, 0) is 69.3 Å². The van der Waals surface area contributed by atoms with Crippen molar-refractivity contribution in [2.24, 2.45) is 0 Å². The molecule has 32 heavy (non-hydrogen) atoms. The normalized spacial score (nSPS) is 14.6. The number of amides is 1. The van der Waals surface area contributed by atoms with E-state index in [-0.39, 0.29) is 11.7 Å². The van der Waals surface area contributed by atoms with Gasteiger partial charge in [-0.15, -0.1) is 0 Å². The van der Waals surface area contributed by atoms with Crippen LogP contribution in [0.1, 0.15) is 23.2 Å². The summed E-state index contributed by atoms with van der Waals surface area (Å²) in [6.07, 6.45) is 0.920. The Morgan fingerprint density at radius 2 is 1.78 bits per heavy atom. The third-order valence-corrected chi connectivity index (χ3v) is 5.86. The molecule has 0 bridgehead atoms. The van der Waals surface area contributed by atoms with Crippen LogP contribution in [0.4, 0.5) is 4.39 Å². The topological polar surface area (TPSA) is 50.6 Å². The van der Waals surface area contributed by atoms with Gasteiger partial charge in [-0.2, -0.15) is 5.10 Å². The molecule has 6 nitrogen and oxygen atoms in total. The Bertz CT molecular complexity index is 1090. The molecule has 2 aromatic carbocycles. The molecule has 1 aromatic heterocycles. The van der Waals surface area contributed by atoms with E-state index in [4.69, 9.17) is 4.74 Å². The Kier molecular flexibility index (Phi) is 6.55. The summed E-state index contributed by atoms with van der Waals surface area (Å²) in [4.78, 5) is 17.0. The molecule has 2 heterocycles. The lowest BCUT2D eigenvalue weighted by atomic mass is 10.1. The van der Waals surface area contributed by atoms with Gasteiger partial charge in [0.05, 0.1) is 11.4 Å². The molecule has 4 rings (SSSR count). The zero-order chi connectivity index (χ0) is 22.7. The Morgan fingerprint density at radius 1 is 1.06 bits per heavy atom. The second-order valence-electron chi connectivity index (χ2n) is 8.36. The summed E-state index contributed by atoms with van der Waals surface area (Å²) in [5.74, 6) is 1.09. The number of benzene rings is 2. The summed E-state index contributed by atoms with van der Waals surface area (Å²) in [6.45, 7) is 7.24. The van der Waals surface area contributed by atoms with Crippen LogP contribution in [0.2, 0.25) is 0 Å². The van der Waals surface area contributed by atoms with Gasteiger partial charge in [0, 0.05) is 38.2 Å². The van der Waals surface area contributed by atoms with Crippen molar-refractivity contribution in [3.05, 3.63) is 71.2 Å². The smallest absolute Gasteiger partial charge is 0.226 e. The molecular weight excluding hydrogens is 407 g/mol. The van der Waals surface area contributed by atoms with E-state index in [0.29, 0.717) is 30.2 Å². The average Bonchev–Trinajstić information content (AvgIpc) is 3.08. The second kappa shape index (κ2) is 9.53. The highest BCUT2D eigenvalue weighted by Crippen LogP contribution is 2.32. The van der Waals surface area contributed by atoms with Crippen molar-refractivity contribution < 1.29 is 13.9 Å². The summed E-state index contributed by atoms with van der Waals surface area (Å²) >= 11 is 0. The van der Waals surface area contributed by atoms with Crippen LogP contribution in [0.5, 0.6) is 11.6 Å². The maximum Gasteiger partial charge on any atom is 0.226 e. The number of carbonyl (C=O) groups is 1. The highest BCUT2D eigenvalue weighted by molar-refractivity contribution is 5.76. The van der Waals surface area contributed by atoms with Crippen LogP contribution in [0, 0.1) is 19.7 Å². The fourth-order valence-corrected chi connectivity index (χ4v) is 3.92. The number of carbonyl (C=O) groups excluding carboxylic acids is 1. The van der Waals surface area contributed by atoms with Crippen molar-refractivity contribution in [2.45, 2.75) is 26.7 Å². The lowest BCUT2D eigenvalue weighted by Gasteiger charge is -2.32. The number of nitrogens with zero attached hydrogens (tertiary/aromatic N) is 4. The molecule has 0 unspecified atom stereocenters. The number of halogens is 1. The van der Waals surface area contributed by atoms with Crippen LogP contribution >= 0.6 is 0 Å². The van der Waals surface area contributed by atoms with Crippen LogP contribution < -0.4 is 4.74 Å². The summed E-state index contributed by atoms with van der Waals surface area (Å²) in [7, 11) is 2.07. The first-order valence-corrected chi connectivity index (χ1v) is 11.0. The maximum absolute atomic E-state index is 13.5. The quantitative estimate of drug-likeness (QED) is 0.583. The summed E-state index contributed by atoms with van der Waals surface area (Å²) in [5.41, 5.74) is 3.47. The van der Waals surface area contributed by atoms with E-state index < -0.39 is 0 Å². The first kappa shape index (κ1) is 22.0. The van der Waals surface area contributed by atoms with Crippen LogP contribution in [-0.4, -0.2) is 58.7 Å². The third-order valence-electron chi connectivity index (χ3n) is 5.86. The number of rotatable bonds is 6. The molecule has 3 aromatic rings. The van der Waals surface area contributed by atoms with E-state index in [0.717, 1.165) is 43.0 Å². The molecule has 1 saturated heterocycles. The van der Waals surface area contributed by atoms with Crippen LogP contribution in [0.25, 0.3) is 5.69 Å². The second-order valence-corrected chi connectivity index (χ2v) is 8.36. The molecular formula is C25H29FN4O2. The molecule has 0 N–H and O–H groups in total. The molecule has 0 saturated carbocycles. The van der Waals surface area contributed by atoms with E-state index in [1.165, 1.54) is 12.1 Å². The molecule has 0 radical (unpaired) electrons. The molecule has 7 heteroatoms. The number of hydrogen-bond acceptors (Lipinski definition) is 4. The number of aromatic nitrogens is 2. The number of piperazine rings is 1. The van der Waals surface area contributed by atoms with Crippen molar-refractivity contribution >= 4 is 5.91 Å². The fourth-order valence-electron chi connectivity index (χ4n) is 3.92. The minimum Gasteiger partial charge on any atom is -0.439 e. The molecule has 0 atom stereocenters. The van der Waals surface area contributed by atoms with Crippen LogP contribution in [0.15, 0.2) is 48.5 Å². The van der Waals surface area contributed by atoms with E-state index in [1.54, 1.807) is 16.8 Å². The van der Waals surface area contributed by atoms with E-state index >= 15 is 0 Å². The largest absolute Gasteiger partial charge is 0.439 e. The van der Waals surface area contributed by atoms with Crippen molar-refractivity contribution in [1.82, 2.24) is 19.6 Å². The van der Waals surface area contributed by atoms with Gasteiger partial charge < -0.3 is 14.5 Å². The van der Waals surface area contributed by atoms with Crippen LogP contribution in [0.3, 0.4) is 0 Å². The van der Waals surface area contributed by atoms with Gasteiger partial charge >= 0.3 is 0 Å². The number of hydrogen-bond donors (Lipinski definition) is 0. The van der Waals surface area contributed by atoms with Crippen LogP contribution in [-0.2, 0) is 11.2 Å².